The number of allylic oxidation sites excluding steroid dienone is 3. The minimum atomic E-state index is -2.50. The second-order valence-corrected chi connectivity index (χ2v) is 19.4. The Morgan fingerprint density at radius 1 is 1.20 bits per heavy atom. The zero-order valence-corrected chi connectivity index (χ0v) is 37.9. The smallest absolute Gasteiger partial charge is 0.409 e. The van der Waals surface area contributed by atoms with Crippen molar-refractivity contribution in [3.8, 4) is 5.75 Å². The third-order valence-electron chi connectivity index (χ3n) is 11.0. The summed E-state index contributed by atoms with van der Waals surface area (Å²) in [7, 11) is 8.40. The van der Waals surface area contributed by atoms with Crippen LogP contribution in [0.4, 0.5) is 10.5 Å². The maximum atomic E-state index is 14.2. The average Bonchev–Trinajstić information content (AvgIpc) is 3.88. The molecule has 3 amide bonds. The molecule has 10 atom stereocenters. The van der Waals surface area contributed by atoms with Gasteiger partial charge in [-0.15, -0.1) is 0 Å². The summed E-state index contributed by atoms with van der Waals surface area (Å²) in [5.41, 5.74) is -1.14. The molecule has 0 saturated carbocycles. The van der Waals surface area contributed by atoms with E-state index in [0.29, 0.717) is 23.6 Å². The maximum Gasteiger partial charge on any atom is 0.409 e. The molecule has 2 fully saturated rings. The Hall–Kier alpha value is -3.37. The number of rotatable bonds is 14. The number of benzene rings is 1. The number of anilines is 1. The number of esters is 1. The third kappa shape index (κ3) is 12.0. The van der Waals surface area contributed by atoms with Crippen molar-refractivity contribution < 1.29 is 66.6 Å². The Morgan fingerprint density at radius 2 is 1.88 bits per heavy atom. The highest BCUT2D eigenvalue weighted by molar-refractivity contribution is 8.76. The van der Waals surface area contributed by atoms with Gasteiger partial charge in [-0.2, -0.15) is 0 Å². The molecule has 3 aliphatic rings. The molecule has 3 heterocycles. The highest BCUT2D eigenvalue weighted by Crippen LogP contribution is 2.49. The van der Waals surface area contributed by atoms with Gasteiger partial charge < -0.3 is 48.2 Å². The molecular weight excluding hydrogens is 866 g/mol. The number of amides is 3. The number of fused-ring (bicyclic) bond motifs is 5. The first-order chi connectivity index (χ1) is 28.2. The number of nitrogens with zero attached hydrogens (tertiary/aromatic N) is 2. The number of carboxylic acids is 1. The third-order valence-corrected chi connectivity index (χ3v) is 14.7. The lowest BCUT2D eigenvalue weighted by molar-refractivity contribution is -0.162. The number of carbonyl (C=O) groups excluding carboxylic acids is 4. The van der Waals surface area contributed by atoms with Crippen LogP contribution in [0.15, 0.2) is 35.9 Å². The number of carbonyl (C=O) groups is 5. The number of hydrogen-bond acceptors (Lipinski definition) is 14. The number of alkyl carbamates (subject to hydrolysis) is 1. The molecule has 2 unspecified atom stereocenters. The molecule has 334 valence electrons. The monoisotopic (exact) mass is 919 g/mol. The van der Waals surface area contributed by atoms with Crippen molar-refractivity contribution >= 4 is 79.8 Å². The molecule has 1 aromatic rings. The Balaban J connectivity index is 1.59. The molecule has 0 spiro atoms. The fourth-order valence-electron chi connectivity index (χ4n) is 7.11. The Morgan fingerprint density at radius 3 is 2.52 bits per heavy atom. The summed E-state index contributed by atoms with van der Waals surface area (Å²) in [5, 5.41) is 22.1. The van der Waals surface area contributed by atoms with E-state index < -0.39 is 88.0 Å². The molecule has 0 aliphatic carbocycles. The molecular formula is C39H54ClN3O14S3. The van der Waals surface area contributed by atoms with E-state index >= 15 is 0 Å². The number of halogens is 1. The van der Waals surface area contributed by atoms with Gasteiger partial charge in [0, 0.05) is 51.5 Å². The normalized spacial score (nSPS) is 29.9. The van der Waals surface area contributed by atoms with Crippen LogP contribution in [0.3, 0.4) is 0 Å². The number of carboxylic acid groups (broad SMARTS) is 1. The van der Waals surface area contributed by atoms with Crippen LogP contribution in [0.1, 0.15) is 58.9 Å². The predicted molar refractivity (Wildman–Crippen MR) is 227 cm³/mol. The van der Waals surface area contributed by atoms with Crippen molar-refractivity contribution in [3.05, 3.63) is 46.5 Å². The topological polar surface area (TPSA) is 231 Å². The molecule has 4 N–H and O–H groups in total. The van der Waals surface area contributed by atoms with Crippen molar-refractivity contribution in [1.82, 2.24) is 10.2 Å². The molecule has 1 aromatic carbocycles. The van der Waals surface area contributed by atoms with Crippen molar-refractivity contribution in [2.24, 2.45) is 5.92 Å². The van der Waals surface area contributed by atoms with Gasteiger partial charge in [0.25, 0.3) is 0 Å². The Labute approximate surface area is 364 Å². The number of hydrogen-bond donors (Lipinski definition) is 4. The summed E-state index contributed by atoms with van der Waals surface area (Å²) in [4.78, 5) is 67.8. The number of ether oxygens (including phenoxy) is 5. The van der Waals surface area contributed by atoms with Crippen molar-refractivity contribution in [2.45, 2.75) is 107 Å². The van der Waals surface area contributed by atoms with E-state index in [0.717, 1.165) is 11.1 Å². The van der Waals surface area contributed by atoms with E-state index in [2.05, 4.69) is 5.32 Å². The van der Waals surface area contributed by atoms with E-state index in [9.17, 15) is 33.3 Å². The van der Waals surface area contributed by atoms with E-state index in [1.54, 1.807) is 45.2 Å². The molecule has 3 aliphatic heterocycles. The van der Waals surface area contributed by atoms with Crippen LogP contribution < -0.4 is 15.0 Å². The first-order valence-electron chi connectivity index (χ1n) is 19.1. The van der Waals surface area contributed by atoms with Crippen LogP contribution >= 0.6 is 33.2 Å². The van der Waals surface area contributed by atoms with Gasteiger partial charge in [0.15, 0.2) is 22.1 Å². The van der Waals surface area contributed by atoms with Crippen molar-refractivity contribution in [1.29, 1.82) is 0 Å². The highest BCUT2D eigenvalue weighted by Gasteiger charge is 2.64. The van der Waals surface area contributed by atoms with Gasteiger partial charge in [-0.3, -0.25) is 19.7 Å². The largest absolute Gasteiger partial charge is 0.495 e. The SMILES string of the molecule is COc1cc2cc(c1Cl)N(C)C(=O)C[C@H](OC(=O)[C@H](C)N(C)C(=O)CCSSCCC(C(=O)O)S(=O)O)[C@]1(C)O[C@H]1[C@H](C)[C@@H]1C[C@@](O)(NC(=O)O1)[C@H](OC)/C=C/C=C(\C)C2. The molecule has 2 saturated heterocycles. The van der Waals surface area contributed by atoms with Crippen LogP contribution in [0.5, 0.6) is 5.75 Å². The lowest BCUT2D eigenvalue weighted by Gasteiger charge is -2.42. The summed E-state index contributed by atoms with van der Waals surface area (Å²) < 4.78 is 49.6. The van der Waals surface area contributed by atoms with Crippen LogP contribution in [0, 0.1) is 5.92 Å². The first-order valence-corrected chi connectivity index (χ1v) is 23.1. The summed E-state index contributed by atoms with van der Waals surface area (Å²) in [5.74, 6) is -2.72. The van der Waals surface area contributed by atoms with Crippen molar-refractivity contribution in [2.75, 3.05) is 44.7 Å². The molecule has 21 heteroatoms. The van der Waals surface area contributed by atoms with Gasteiger partial charge in [-0.05, 0) is 51.3 Å². The molecule has 60 heavy (non-hydrogen) atoms. The van der Waals surface area contributed by atoms with Gasteiger partial charge >= 0.3 is 18.0 Å². The van der Waals surface area contributed by atoms with E-state index in [4.69, 9.17) is 44.9 Å². The molecule has 0 radical (unpaired) electrons. The van der Waals surface area contributed by atoms with Gasteiger partial charge in [-0.1, -0.05) is 63.9 Å². The molecule has 0 aromatic heterocycles. The van der Waals surface area contributed by atoms with E-state index in [-0.39, 0.29) is 42.4 Å². The second kappa shape index (κ2) is 21.1. The minimum absolute atomic E-state index is 0.0207. The maximum absolute atomic E-state index is 14.2. The first kappa shape index (κ1) is 49.3. The number of epoxide rings is 1. The Kier molecular flexibility index (Phi) is 17.4. The van der Waals surface area contributed by atoms with Crippen molar-refractivity contribution in [3.63, 3.8) is 0 Å². The lowest BCUT2D eigenvalue weighted by atomic mass is 9.83. The molecule has 17 nitrogen and oxygen atoms in total. The minimum Gasteiger partial charge on any atom is -0.495 e. The second-order valence-electron chi connectivity index (χ2n) is 15.2. The standard InChI is InChI=1S/C39H54ClN3O14S3/c1-21-10-9-11-29(54-8)39(50)20-27(55-37(49)41-39)22(2)34-38(4,57-34)30(19-32(45)43(6)25-17-24(16-21)18-26(53-7)33(25)40)56-36(48)23(3)42(5)31(44)13-15-59-58-14-12-28(35(46)47)60(51)52/h9-11,17-18,22-23,27-30,34,50H,12-16,19-20H2,1-8H3,(H,41,49)(H,46,47)(H,51,52)/b11-9+,21-10+/t22-,23+,27+,28?,29-,30+,34+,38+,39+/m1/s1. The fraction of sp³-hybridized carbons (Fsp3) is 0.615. The van der Waals surface area contributed by atoms with Crippen LogP contribution in [0.25, 0.3) is 0 Å². The van der Waals surface area contributed by atoms with Crippen LogP contribution in [-0.2, 0) is 55.6 Å². The number of nitrogens with one attached hydrogen (secondary N) is 1. The zero-order valence-electron chi connectivity index (χ0n) is 34.7. The summed E-state index contributed by atoms with van der Waals surface area (Å²) in [6.45, 7) is 6.82. The van der Waals surface area contributed by atoms with E-state index in [1.165, 1.54) is 59.6 Å². The van der Waals surface area contributed by atoms with E-state index in [1.807, 2.05) is 13.0 Å². The van der Waals surface area contributed by atoms with Crippen LogP contribution in [-0.4, -0.2) is 141 Å². The van der Waals surface area contributed by atoms with Gasteiger partial charge in [-0.25, -0.2) is 13.8 Å². The summed E-state index contributed by atoms with van der Waals surface area (Å²) in [6.07, 6.45) is 0.456. The van der Waals surface area contributed by atoms with Gasteiger partial charge in [0.05, 0.1) is 25.3 Å². The summed E-state index contributed by atoms with van der Waals surface area (Å²) in [6, 6.07) is 2.43. The number of methoxy groups -OCH3 is 2. The van der Waals surface area contributed by atoms with Crippen LogP contribution in [0.2, 0.25) is 5.02 Å². The quantitative estimate of drug-likeness (QED) is 0.0668. The molecule has 4 rings (SSSR count). The predicted octanol–water partition coefficient (Wildman–Crippen LogP) is 4.35. The Bertz CT molecular complexity index is 1860. The lowest BCUT2D eigenvalue weighted by Crippen LogP contribution is -2.63. The number of aliphatic hydroxyl groups is 1. The van der Waals surface area contributed by atoms with Gasteiger partial charge in [0.1, 0.15) is 40.7 Å². The fourth-order valence-corrected chi connectivity index (χ4v) is 10.1. The highest BCUT2D eigenvalue weighted by atomic mass is 35.5. The molecule has 4 bridgehead atoms. The summed E-state index contributed by atoms with van der Waals surface area (Å²) >= 11 is 4.26. The average molecular weight is 921 g/mol. The zero-order chi connectivity index (χ0) is 44.7. The number of likely N-dealkylation sites (N-methyl/N-ethyl adjacent to an activating group) is 1. The van der Waals surface area contributed by atoms with Gasteiger partial charge in [0.2, 0.25) is 11.8 Å². The number of aliphatic carboxylic acids is 1.